The predicted molar refractivity (Wildman–Crippen MR) is 53.4 cm³/mol. The van der Waals surface area contributed by atoms with Gasteiger partial charge in [0, 0.05) is 0 Å². The quantitative estimate of drug-likeness (QED) is 0.612. The van der Waals surface area contributed by atoms with Crippen LogP contribution in [0.5, 0.6) is 0 Å². The van der Waals surface area contributed by atoms with Crippen molar-refractivity contribution in [3.8, 4) is 0 Å². The third-order valence-electron chi connectivity index (χ3n) is 1.96. The number of nitrogens with two attached hydrogens (primary N) is 1. The summed E-state index contributed by atoms with van der Waals surface area (Å²) in [4.78, 5) is 0. The van der Waals surface area contributed by atoms with E-state index >= 15 is 0 Å². The van der Waals surface area contributed by atoms with E-state index in [1.54, 1.807) is 0 Å². The maximum atomic E-state index is 13.0. The van der Waals surface area contributed by atoms with Crippen LogP contribution in [0.15, 0.2) is 12.1 Å². The lowest BCUT2D eigenvalue weighted by Crippen LogP contribution is -1.99. The first kappa shape index (κ1) is 11.4. The molecule has 1 aromatic carbocycles. The number of hydrogen-bond acceptors (Lipinski definition) is 1. The molecule has 0 saturated carbocycles. The predicted octanol–water partition coefficient (Wildman–Crippen LogP) is 2.90. The summed E-state index contributed by atoms with van der Waals surface area (Å²) in [5, 5.41) is -0.437. The van der Waals surface area contributed by atoms with E-state index < -0.39 is 16.7 Å². The van der Waals surface area contributed by atoms with Crippen molar-refractivity contribution in [2.75, 3.05) is 6.54 Å². The van der Waals surface area contributed by atoms with Crippen molar-refractivity contribution < 1.29 is 8.78 Å². The molecule has 2 N–H and O–H groups in total. The standard InChI is InChI=1S/C10H12ClF2N/c11-10-8(12)5-7(6-9(10)13)3-1-2-4-14/h5-6H,1-4,14H2. The number of halogens is 3. The third-order valence-corrected chi connectivity index (χ3v) is 2.32. The molecule has 0 amide bonds. The Morgan fingerprint density at radius 2 is 1.71 bits per heavy atom. The zero-order valence-corrected chi connectivity index (χ0v) is 8.45. The monoisotopic (exact) mass is 219 g/mol. The van der Waals surface area contributed by atoms with Gasteiger partial charge in [-0.15, -0.1) is 0 Å². The molecule has 0 aliphatic carbocycles. The van der Waals surface area contributed by atoms with Crippen molar-refractivity contribution >= 4 is 11.6 Å². The maximum absolute atomic E-state index is 13.0. The van der Waals surface area contributed by atoms with Crippen LogP contribution in [0, 0.1) is 11.6 Å². The molecule has 0 aliphatic heterocycles. The number of hydrogen-bond donors (Lipinski definition) is 1. The second kappa shape index (κ2) is 5.27. The molecule has 1 rings (SSSR count). The van der Waals surface area contributed by atoms with Crippen LogP contribution in [-0.2, 0) is 6.42 Å². The Morgan fingerprint density at radius 3 is 2.21 bits per heavy atom. The van der Waals surface area contributed by atoms with Crippen LogP contribution in [0.1, 0.15) is 18.4 Å². The van der Waals surface area contributed by atoms with E-state index in [2.05, 4.69) is 0 Å². The lowest BCUT2D eigenvalue weighted by atomic mass is 10.1. The molecule has 0 unspecified atom stereocenters. The summed E-state index contributed by atoms with van der Waals surface area (Å²) >= 11 is 5.34. The normalized spacial score (nSPS) is 10.6. The molecule has 0 saturated heterocycles. The average Bonchev–Trinajstić information content (AvgIpc) is 2.14. The van der Waals surface area contributed by atoms with Gasteiger partial charge in [0.25, 0.3) is 0 Å². The minimum Gasteiger partial charge on any atom is -0.330 e. The molecule has 0 radical (unpaired) electrons. The van der Waals surface area contributed by atoms with E-state index in [9.17, 15) is 8.78 Å². The summed E-state index contributed by atoms with van der Waals surface area (Å²) in [6.07, 6.45) is 2.31. The SMILES string of the molecule is NCCCCc1cc(F)c(Cl)c(F)c1. The Morgan fingerprint density at radius 1 is 1.14 bits per heavy atom. The van der Waals surface area contributed by atoms with Crippen LogP contribution in [0.25, 0.3) is 0 Å². The zero-order valence-electron chi connectivity index (χ0n) is 7.69. The van der Waals surface area contributed by atoms with E-state index in [1.807, 2.05) is 0 Å². The minimum absolute atomic E-state index is 0.437. The molecule has 1 nitrogen and oxygen atoms in total. The third kappa shape index (κ3) is 2.93. The van der Waals surface area contributed by atoms with Gasteiger partial charge in [0.1, 0.15) is 16.7 Å². The van der Waals surface area contributed by atoms with Crippen LogP contribution < -0.4 is 5.73 Å². The fraction of sp³-hybridized carbons (Fsp3) is 0.400. The molecule has 0 fully saturated rings. The summed E-state index contributed by atoms with van der Waals surface area (Å²) in [6.45, 7) is 0.596. The van der Waals surface area contributed by atoms with Gasteiger partial charge < -0.3 is 5.73 Å². The van der Waals surface area contributed by atoms with Crippen LogP contribution in [0.3, 0.4) is 0 Å². The van der Waals surface area contributed by atoms with Gasteiger partial charge in [-0.2, -0.15) is 0 Å². The van der Waals surface area contributed by atoms with Crippen molar-refractivity contribution in [1.82, 2.24) is 0 Å². The summed E-state index contributed by atoms with van der Waals surface area (Å²) in [7, 11) is 0. The van der Waals surface area contributed by atoms with Gasteiger partial charge in [-0.25, -0.2) is 8.78 Å². The Kier molecular flexibility index (Phi) is 4.29. The topological polar surface area (TPSA) is 26.0 Å². The van der Waals surface area contributed by atoms with Crippen LogP contribution in [-0.4, -0.2) is 6.54 Å². The molecule has 1 aromatic rings. The Labute approximate surface area is 86.9 Å². The molecule has 0 bridgehead atoms. The highest BCUT2D eigenvalue weighted by Crippen LogP contribution is 2.21. The van der Waals surface area contributed by atoms with Crippen molar-refractivity contribution in [2.45, 2.75) is 19.3 Å². The average molecular weight is 220 g/mol. The molecule has 0 aromatic heterocycles. The van der Waals surface area contributed by atoms with E-state index in [4.69, 9.17) is 17.3 Å². The summed E-state index contributed by atoms with van der Waals surface area (Å²) < 4.78 is 25.9. The van der Waals surface area contributed by atoms with Gasteiger partial charge in [0.05, 0.1) is 0 Å². The number of benzene rings is 1. The van der Waals surface area contributed by atoms with E-state index in [1.165, 1.54) is 12.1 Å². The van der Waals surface area contributed by atoms with Crippen LogP contribution in [0.2, 0.25) is 5.02 Å². The highest BCUT2D eigenvalue weighted by Gasteiger charge is 2.08. The second-order valence-electron chi connectivity index (χ2n) is 3.12. The van der Waals surface area contributed by atoms with E-state index in [0.29, 0.717) is 18.5 Å². The Balaban J connectivity index is 2.69. The molecule has 0 atom stereocenters. The lowest BCUT2D eigenvalue weighted by Gasteiger charge is -2.03. The number of unbranched alkanes of at least 4 members (excludes halogenated alkanes) is 1. The summed E-state index contributed by atoms with van der Waals surface area (Å²) in [5.74, 6) is -1.40. The van der Waals surface area contributed by atoms with Crippen LogP contribution >= 0.6 is 11.6 Å². The first-order valence-corrected chi connectivity index (χ1v) is 4.86. The van der Waals surface area contributed by atoms with Gasteiger partial charge in [-0.1, -0.05) is 11.6 Å². The van der Waals surface area contributed by atoms with Gasteiger partial charge >= 0.3 is 0 Å². The number of rotatable bonds is 4. The fourth-order valence-corrected chi connectivity index (χ4v) is 1.33. The van der Waals surface area contributed by atoms with Crippen molar-refractivity contribution in [2.24, 2.45) is 5.73 Å². The summed E-state index contributed by atoms with van der Waals surface area (Å²) in [6, 6.07) is 2.53. The van der Waals surface area contributed by atoms with Crippen molar-refractivity contribution in [3.63, 3.8) is 0 Å². The van der Waals surface area contributed by atoms with Crippen LogP contribution in [0.4, 0.5) is 8.78 Å². The fourth-order valence-electron chi connectivity index (χ4n) is 1.23. The maximum Gasteiger partial charge on any atom is 0.145 e. The van der Waals surface area contributed by atoms with Gasteiger partial charge in [-0.3, -0.25) is 0 Å². The Hall–Kier alpha value is -0.670. The highest BCUT2D eigenvalue weighted by atomic mass is 35.5. The van der Waals surface area contributed by atoms with Crippen molar-refractivity contribution in [1.29, 1.82) is 0 Å². The van der Waals surface area contributed by atoms with Gasteiger partial charge in [0.15, 0.2) is 0 Å². The zero-order chi connectivity index (χ0) is 10.6. The molecule has 78 valence electrons. The highest BCUT2D eigenvalue weighted by molar-refractivity contribution is 6.30. The molecular weight excluding hydrogens is 208 g/mol. The van der Waals surface area contributed by atoms with E-state index in [-0.39, 0.29) is 0 Å². The molecule has 0 aliphatic rings. The van der Waals surface area contributed by atoms with Gasteiger partial charge in [-0.05, 0) is 43.5 Å². The number of aryl methyl sites for hydroxylation is 1. The van der Waals surface area contributed by atoms with Gasteiger partial charge in [0.2, 0.25) is 0 Å². The lowest BCUT2D eigenvalue weighted by molar-refractivity contribution is 0.579. The molecule has 4 heteroatoms. The summed E-state index contributed by atoms with van der Waals surface area (Å²) in [5.41, 5.74) is 5.93. The first-order chi connectivity index (χ1) is 6.65. The molecule has 0 spiro atoms. The van der Waals surface area contributed by atoms with Crippen molar-refractivity contribution in [3.05, 3.63) is 34.4 Å². The van der Waals surface area contributed by atoms with E-state index in [0.717, 1.165) is 12.8 Å². The minimum atomic E-state index is -0.700. The molecule has 14 heavy (non-hydrogen) atoms. The smallest absolute Gasteiger partial charge is 0.145 e. The Bertz CT molecular complexity index is 292. The molecular formula is C10H12ClF2N. The largest absolute Gasteiger partial charge is 0.330 e. The first-order valence-electron chi connectivity index (χ1n) is 4.48. The molecule has 0 heterocycles. The second-order valence-corrected chi connectivity index (χ2v) is 3.50.